The van der Waals surface area contributed by atoms with Crippen molar-refractivity contribution in [2.24, 2.45) is 0 Å². The summed E-state index contributed by atoms with van der Waals surface area (Å²) in [4.78, 5) is 5.77. The molecule has 2 N–H and O–H groups in total. The van der Waals surface area contributed by atoms with Crippen LogP contribution < -0.4 is 5.73 Å². The van der Waals surface area contributed by atoms with Crippen molar-refractivity contribution in [1.29, 1.82) is 0 Å². The fraction of sp³-hybridized carbons (Fsp3) is 0.700. The predicted molar refractivity (Wildman–Crippen MR) is 73.4 cm³/mol. The summed E-state index contributed by atoms with van der Waals surface area (Å²) in [6.45, 7) is 3.40. The Morgan fingerprint density at radius 1 is 1.67 bits per heavy atom. The highest BCUT2D eigenvalue weighted by atomic mass is 127. The maximum atomic E-state index is 5.73. The molecule has 1 aromatic heterocycles. The number of thiazole rings is 1. The van der Waals surface area contributed by atoms with Gasteiger partial charge in [0.15, 0.2) is 5.13 Å². The molecule has 0 aromatic carbocycles. The second-order valence-corrected chi connectivity index (χ2v) is 6.30. The van der Waals surface area contributed by atoms with Gasteiger partial charge < -0.3 is 5.73 Å². The zero-order valence-electron chi connectivity index (χ0n) is 8.87. The average molecular weight is 337 g/mol. The van der Waals surface area contributed by atoms with Crippen LogP contribution in [-0.4, -0.2) is 20.7 Å². The van der Waals surface area contributed by atoms with E-state index >= 15 is 0 Å². The van der Waals surface area contributed by atoms with Crippen LogP contribution in [0.4, 0.5) is 5.13 Å². The Bertz CT molecular complexity index is 339. The summed E-state index contributed by atoms with van der Waals surface area (Å²) < 4.78 is 2.44. The summed E-state index contributed by atoms with van der Waals surface area (Å²) in [5.41, 5.74) is 6.98. The number of nitrogens with zero attached hydrogens (tertiary/aromatic N) is 2. The molecule has 5 heteroatoms. The van der Waals surface area contributed by atoms with Crippen molar-refractivity contribution in [1.82, 2.24) is 8.10 Å². The molecule has 1 heterocycles. The second-order valence-electron chi connectivity index (χ2n) is 3.94. The van der Waals surface area contributed by atoms with E-state index in [-0.39, 0.29) is 0 Å². The fourth-order valence-corrected chi connectivity index (χ4v) is 3.92. The number of anilines is 1. The van der Waals surface area contributed by atoms with Crippen LogP contribution in [0.3, 0.4) is 0 Å². The van der Waals surface area contributed by atoms with Gasteiger partial charge in [-0.3, -0.25) is 0 Å². The largest absolute Gasteiger partial charge is 0.375 e. The van der Waals surface area contributed by atoms with Crippen molar-refractivity contribution in [2.45, 2.75) is 38.6 Å². The van der Waals surface area contributed by atoms with Crippen LogP contribution in [0.25, 0.3) is 0 Å². The quantitative estimate of drug-likeness (QED) is 0.681. The maximum Gasteiger partial charge on any atom is 0.180 e. The standard InChI is InChI=1S/C10H16IN3S/c1-2-5-14(11)7-3-4-8-9(6-7)15-10(12)13-8/h7H,2-6H2,1H3,(H2,12,13). The number of hydrogen-bond acceptors (Lipinski definition) is 4. The first kappa shape index (κ1) is 11.6. The Balaban J connectivity index is 2.04. The van der Waals surface area contributed by atoms with Crippen molar-refractivity contribution < 1.29 is 0 Å². The van der Waals surface area contributed by atoms with Crippen LogP contribution in [0.5, 0.6) is 0 Å². The third-order valence-corrected chi connectivity index (χ3v) is 4.98. The van der Waals surface area contributed by atoms with Gasteiger partial charge in [0, 0.05) is 46.7 Å². The van der Waals surface area contributed by atoms with Crippen molar-refractivity contribution >= 4 is 39.3 Å². The number of nitrogen functional groups attached to an aromatic ring is 1. The Morgan fingerprint density at radius 3 is 3.20 bits per heavy atom. The van der Waals surface area contributed by atoms with Crippen LogP contribution in [0.15, 0.2) is 0 Å². The van der Waals surface area contributed by atoms with E-state index in [1.165, 1.54) is 30.0 Å². The molecule has 1 aliphatic carbocycles. The molecule has 0 bridgehead atoms. The van der Waals surface area contributed by atoms with Gasteiger partial charge in [0.2, 0.25) is 0 Å². The number of halogens is 1. The number of aromatic nitrogens is 1. The van der Waals surface area contributed by atoms with Gasteiger partial charge in [-0.1, -0.05) is 6.92 Å². The summed E-state index contributed by atoms with van der Waals surface area (Å²) in [7, 11) is 0. The number of hydrogen-bond donors (Lipinski definition) is 1. The van der Waals surface area contributed by atoms with Gasteiger partial charge >= 0.3 is 0 Å². The van der Waals surface area contributed by atoms with Gasteiger partial charge in [0.05, 0.1) is 5.69 Å². The van der Waals surface area contributed by atoms with Gasteiger partial charge in [-0.05, 0) is 19.3 Å². The summed E-state index contributed by atoms with van der Waals surface area (Å²) in [6, 6.07) is 0.679. The Hall–Kier alpha value is 0.120. The van der Waals surface area contributed by atoms with Gasteiger partial charge in [-0.2, -0.15) is 0 Å². The number of aryl methyl sites for hydroxylation is 1. The van der Waals surface area contributed by atoms with E-state index in [1.807, 2.05) is 0 Å². The van der Waals surface area contributed by atoms with Crippen molar-refractivity contribution in [3.8, 4) is 0 Å². The third kappa shape index (κ3) is 2.62. The Morgan fingerprint density at radius 2 is 2.47 bits per heavy atom. The topological polar surface area (TPSA) is 42.2 Å². The Kier molecular flexibility index (Phi) is 3.84. The molecule has 0 saturated carbocycles. The lowest BCUT2D eigenvalue weighted by Crippen LogP contribution is -2.32. The minimum absolute atomic E-state index is 0.679. The second kappa shape index (κ2) is 4.97. The molecule has 15 heavy (non-hydrogen) atoms. The van der Waals surface area contributed by atoms with Crippen LogP contribution >= 0.6 is 34.2 Å². The molecule has 1 aliphatic rings. The van der Waals surface area contributed by atoms with Crippen molar-refractivity contribution in [3.63, 3.8) is 0 Å². The number of nitrogens with two attached hydrogens (primary N) is 1. The van der Waals surface area contributed by atoms with Gasteiger partial charge in [-0.25, -0.2) is 8.10 Å². The molecule has 1 atom stereocenters. The van der Waals surface area contributed by atoms with Crippen LogP contribution in [-0.2, 0) is 12.8 Å². The highest BCUT2D eigenvalue weighted by Crippen LogP contribution is 2.31. The maximum absolute atomic E-state index is 5.73. The van der Waals surface area contributed by atoms with Crippen LogP contribution in [0.2, 0.25) is 0 Å². The molecule has 0 radical (unpaired) electrons. The smallest absolute Gasteiger partial charge is 0.180 e. The molecule has 0 spiro atoms. The molecule has 0 aliphatic heterocycles. The number of fused-ring (bicyclic) bond motifs is 1. The molecule has 0 fully saturated rings. The van der Waals surface area contributed by atoms with E-state index in [1.54, 1.807) is 11.3 Å². The molecule has 0 amide bonds. The first-order valence-corrected chi connectivity index (χ1v) is 7.15. The third-order valence-electron chi connectivity index (χ3n) is 2.76. The average Bonchev–Trinajstić information content (AvgIpc) is 2.57. The van der Waals surface area contributed by atoms with E-state index in [2.05, 4.69) is 37.9 Å². The summed E-state index contributed by atoms with van der Waals surface area (Å²) >= 11 is 4.12. The van der Waals surface area contributed by atoms with Crippen molar-refractivity contribution in [3.05, 3.63) is 10.6 Å². The zero-order valence-corrected chi connectivity index (χ0v) is 11.8. The summed E-state index contributed by atoms with van der Waals surface area (Å²) in [5.74, 6) is 0. The van der Waals surface area contributed by atoms with E-state index in [0.717, 1.165) is 18.0 Å². The molecular weight excluding hydrogens is 321 g/mol. The minimum atomic E-state index is 0.679. The van der Waals surface area contributed by atoms with E-state index in [9.17, 15) is 0 Å². The molecular formula is C10H16IN3S. The first-order valence-electron chi connectivity index (χ1n) is 5.37. The minimum Gasteiger partial charge on any atom is -0.375 e. The SMILES string of the molecule is CCCN(I)C1CCc2nc(N)sc2C1. The molecule has 2 rings (SSSR count). The predicted octanol–water partition coefficient (Wildman–Crippen LogP) is 2.64. The lowest BCUT2D eigenvalue weighted by molar-refractivity contribution is 0.347. The summed E-state index contributed by atoms with van der Waals surface area (Å²) in [5, 5.41) is 0.733. The van der Waals surface area contributed by atoms with Gasteiger partial charge in [0.1, 0.15) is 0 Å². The van der Waals surface area contributed by atoms with Gasteiger partial charge in [-0.15, -0.1) is 11.3 Å². The number of rotatable bonds is 3. The van der Waals surface area contributed by atoms with Gasteiger partial charge in [0.25, 0.3) is 0 Å². The summed E-state index contributed by atoms with van der Waals surface area (Å²) in [6.07, 6.45) is 4.67. The molecule has 84 valence electrons. The molecule has 1 aromatic rings. The van der Waals surface area contributed by atoms with E-state index < -0.39 is 0 Å². The normalized spacial score (nSPS) is 20.6. The zero-order chi connectivity index (χ0) is 10.8. The fourth-order valence-electron chi connectivity index (χ4n) is 2.01. The van der Waals surface area contributed by atoms with E-state index in [4.69, 9.17) is 5.73 Å². The van der Waals surface area contributed by atoms with Crippen molar-refractivity contribution in [2.75, 3.05) is 12.3 Å². The molecule has 3 nitrogen and oxygen atoms in total. The van der Waals surface area contributed by atoms with Crippen LogP contribution in [0.1, 0.15) is 30.3 Å². The lowest BCUT2D eigenvalue weighted by Gasteiger charge is -2.28. The highest BCUT2D eigenvalue weighted by Gasteiger charge is 2.25. The highest BCUT2D eigenvalue weighted by molar-refractivity contribution is 14.1. The Labute approximate surface area is 109 Å². The van der Waals surface area contributed by atoms with E-state index in [0.29, 0.717) is 6.04 Å². The first-order chi connectivity index (χ1) is 7.20. The lowest BCUT2D eigenvalue weighted by atomic mass is 9.98. The molecule has 0 saturated heterocycles. The molecule has 1 unspecified atom stereocenters. The van der Waals surface area contributed by atoms with Crippen LogP contribution in [0, 0.1) is 0 Å². The monoisotopic (exact) mass is 337 g/mol.